The molecule has 0 spiro atoms. The van der Waals surface area contributed by atoms with E-state index in [1.807, 2.05) is 6.07 Å². The van der Waals surface area contributed by atoms with Crippen molar-refractivity contribution >= 4 is 5.78 Å². The van der Waals surface area contributed by atoms with Crippen LogP contribution >= 0.6 is 0 Å². The zero-order valence-electron chi connectivity index (χ0n) is 10.2. The summed E-state index contributed by atoms with van der Waals surface area (Å²) < 4.78 is 5.47. The van der Waals surface area contributed by atoms with Crippen LogP contribution in [-0.2, 0) is 6.42 Å². The van der Waals surface area contributed by atoms with Crippen molar-refractivity contribution in [1.29, 1.82) is 0 Å². The van der Waals surface area contributed by atoms with Crippen LogP contribution in [0.3, 0.4) is 0 Å². The minimum absolute atomic E-state index is 0.0783. The van der Waals surface area contributed by atoms with E-state index in [-0.39, 0.29) is 10.8 Å². The van der Waals surface area contributed by atoms with Gasteiger partial charge in [0.2, 0.25) is 0 Å². The van der Waals surface area contributed by atoms with Crippen LogP contribution in [0.25, 0.3) is 0 Å². The molecule has 2 aliphatic rings. The van der Waals surface area contributed by atoms with Crippen LogP contribution in [0.2, 0.25) is 0 Å². The zero-order valence-corrected chi connectivity index (χ0v) is 10.2. The van der Waals surface area contributed by atoms with Crippen LogP contribution in [0.5, 0.6) is 0 Å². The summed E-state index contributed by atoms with van der Waals surface area (Å²) in [5.41, 5.74) is 0.729. The molecule has 1 saturated carbocycles. The monoisotopic (exact) mass is 218 g/mol. The summed E-state index contributed by atoms with van der Waals surface area (Å²) in [5, 5.41) is 0. The molecule has 16 heavy (non-hydrogen) atoms. The number of furan rings is 1. The highest BCUT2D eigenvalue weighted by atomic mass is 16.3. The average molecular weight is 218 g/mol. The van der Waals surface area contributed by atoms with Crippen LogP contribution < -0.4 is 0 Å². The first-order chi connectivity index (χ1) is 7.49. The number of carbonyl (C=O) groups excluding carboxylic acids is 1. The van der Waals surface area contributed by atoms with Gasteiger partial charge in [0.25, 0.3) is 0 Å². The maximum atomic E-state index is 12.6. The van der Waals surface area contributed by atoms with Crippen molar-refractivity contribution in [3.8, 4) is 0 Å². The number of fused-ring (bicyclic) bond motifs is 2. The first kappa shape index (κ1) is 10.1. The molecule has 0 aliphatic heterocycles. The Morgan fingerprint density at radius 3 is 2.94 bits per heavy atom. The molecule has 1 heterocycles. The van der Waals surface area contributed by atoms with Crippen molar-refractivity contribution in [2.45, 2.75) is 40.0 Å². The Labute approximate surface area is 96.0 Å². The van der Waals surface area contributed by atoms with E-state index in [0.29, 0.717) is 11.7 Å². The predicted octanol–water partition coefficient (Wildman–Crippen LogP) is 3.46. The molecule has 3 atom stereocenters. The molecule has 2 heteroatoms. The first-order valence-electron chi connectivity index (χ1n) is 6.10. The lowest BCUT2D eigenvalue weighted by atomic mass is 9.57. The summed E-state index contributed by atoms with van der Waals surface area (Å²) >= 11 is 0. The van der Waals surface area contributed by atoms with E-state index in [0.717, 1.165) is 30.6 Å². The highest BCUT2D eigenvalue weighted by molar-refractivity contribution is 6.03. The SMILES string of the molecule is CC1CCC2(C)C(=O)c3ccoc3CC12C. The standard InChI is InChI=1S/C14H18O2/c1-9-4-6-13(2)12(15)10-5-7-16-11(10)8-14(9,13)3/h5,7,9H,4,6,8H2,1-3H3. The molecule has 86 valence electrons. The Hall–Kier alpha value is -1.05. The van der Waals surface area contributed by atoms with Gasteiger partial charge in [-0.3, -0.25) is 4.79 Å². The minimum atomic E-state index is -0.177. The van der Waals surface area contributed by atoms with Gasteiger partial charge in [-0.15, -0.1) is 0 Å². The van der Waals surface area contributed by atoms with Crippen molar-refractivity contribution in [1.82, 2.24) is 0 Å². The number of Topliss-reactive ketones (excluding diaryl/α,β-unsaturated/α-hetero) is 1. The van der Waals surface area contributed by atoms with Crippen molar-refractivity contribution in [3.05, 3.63) is 23.7 Å². The van der Waals surface area contributed by atoms with Gasteiger partial charge in [0.1, 0.15) is 5.76 Å². The van der Waals surface area contributed by atoms with Crippen LogP contribution in [0.4, 0.5) is 0 Å². The van der Waals surface area contributed by atoms with Gasteiger partial charge in [0, 0.05) is 11.8 Å². The summed E-state index contributed by atoms with van der Waals surface area (Å²) in [6.45, 7) is 6.68. The summed E-state index contributed by atoms with van der Waals surface area (Å²) in [7, 11) is 0. The normalized spacial score (nSPS) is 41.9. The molecular weight excluding hydrogens is 200 g/mol. The molecular formula is C14H18O2. The van der Waals surface area contributed by atoms with Gasteiger partial charge in [-0.1, -0.05) is 20.8 Å². The van der Waals surface area contributed by atoms with Crippen molar-refractivity contribution in [2.24, 2.45) is 16.7 Å². The number of hydrogen-bond acceptors (Lipinski definition) is 2. The second kappa shape index (κ2) is 2.79. The number of hydrogen-bond donors (Lipinski definition) is 0. The lowest BCUT2D eigenvalue weighted by Crippen LogP contribution is -2.47. The van der Waals surface area contributed by atoms with Gasteiger partial charge in [-0.05, 0) is 30.2 Å². The third-order valence-corrected chi connectivity index (χ3v) is 5.44. The van der Waals surface area contributed by atoms with E-state index in [1.54, 1.807) is 6.26 Å². The fourth-order valence-corrected chi connectivity index (χ4v) is 3.71. The van der Waals surface area contributed by atoms with Gasteiger partial charge in [-0.25, -0.2) is 0 Å². The van der Waals surface area contributed by atoms with Gasteiger partial charge in [0.15, 0.2) is 5.78 Å². The maximum absolute atomic E-state index is 12.6. The topological polar surface area (TPSA) is 30.2 Å². The largest absolute Gasteiger partial charge is 0.469 e. The molecule has 3 unspecified atom stereocenters. The lowest BCUT2D eigenvalue weighted by Gasteiger charge is -2.45. The van der Waals surface area contributed by atoms with Crippen LogP contribution in [0.1, 0.15) is 49.7 Å². The fourth-order valence-electron chi connectivity index (χ4n) is 3.71. The Morgan fingerprint density at radius 2 is 2.19 bits per heavy atom. The molecule has 2 aliphatic carbocycles. The molecule has 0 aromatic carbocycles. The van der Waals surface area contributed by atoms with E-state index in [4.69, 9.17) is 4.42 Å². The number of ketones is 1. The Balaban J connectivity index is 2.20. The van der Waals surface area contributed by atoms with E-state index >= 15 is 0 Å². The van der Waals surface area contributed by atoms with Gasteiger partial charge in [0.05, 0.1) is 11.8 Å². The second-order valence-corrected chi connectivity index (χ2v) is 5.95. The van der Waals surface area contributed by atoms with Crippen molar-refractivity contribution < 1.29 is 9.21 Å². The second-order valence-electron chi connectivity index (χ2n) is 5.95. The molecule has 0 bridgehead atoms. The van der Waals surface area contributed by atoms with E-state index in [2.05, 4.69) is 20.8 Å². The molecule has 3 rings (SSSR count). The molecule has 0 amide bonds. The fraction of sp³-hybridized carbons (Fsp3) is 0.643. The van der Waals surface area contributed by atoms with Gasteiger partial charge >= 0.3 is 0 Å². The van der Waals surface area contributed by atoms with Crippen LogP contribution in [0, 0.1) is 16.7 Å². The summed E-state index contributed by atoms with van der Waals surface area (Å²) in [5.74, 6) is 1.80. The third-order valence-electron chi connectivity index (χ3n) is 5.44. The zero-order chi connectivity index (χ0) is 11.6. The van der Waals surface area contributed by atoms with Crippen molar-refractivity contribution in [3.63, 3.8) is 0 Å². The van der Waals surface area contributed by atoms with E-state index in [1.165, 1.54) is 0 Å². The van der Waals surface area contributed by atoms with Gasteiger partial charge < -0.3 is 4.42 Å². The molecule has 0 N–H and O–H groups in total. The Kier molecular flexibility index (Phi) is 1.77. The lowest BCUT2D eigenvalue weighted by molar-refractivity contribution is 0.0388. The Morgan fingerprint density at radius 1 is 1.44 bits per heavy atom. The van der Waals surface area contributed by atoms with E-state index in [9.17, 15) is 4.79 Å². The summed E-state index contributed by atoms with van der Waals surface area (Å²) in [4.78, 5) is 12.6. The number of carbonyl (C=O) groups is 1. The maximum Gasteiger partial charge on any atom is 0.172 e. The highest BCUT2D eigenvalue weighted by Gasteiger charge is 2.60. The highest BCUT2D eigenvalue weighted by Crippen LogP contribution is 2.61. The summed E-state index contributed by atoms with van der Waals surface area (Å²) in [6, 6.07) is 1.84. The Bertz CT molecular complexity index is 459. The quantitative estimate of drug-likeness (QED) is 0.667. The molecule has 0 radical (unpaired) electrons. The van der Waals surface area contributed by atoms with Crippen LogP contribution in [0.15, 0.2) is 16.7 Å². The molecule has 1 aromatic heterocycles. The average Bonchev–Trinajstić information content (AvgIpc) is 2.78. The minimum Gasteiger partial charge on any atom is -0.469 e. The number of rotatable bonds is 0. The van der Waals surface area contributed by atoms with Crippen LogP contribution in [-0.4, -0.2) is 5.78 Å². The summed E-state index contributed by atoms with van der Waals surface area (Å²) in [6.07, 6.45) is 4.75. The smallest absolute Gasteiger partial charge is 0.172 e. The third kappa shape index (κ3) is 0.915. The molecule has 1 aromatic rings. The predicted molar refractivity (Wildman–Crippen MR) is 61.4 cm³/mol. The first-order valence-corrected chi connectivity index (χ1v) is 6.10. The molecule has 0 saturated heterocycles. The van der Waals surface area contributed by atoms with Crippen molar-refractivity contribution in [2.75, 3.05) is 0 Å². The van der Waals surface area contributed by atoms with Gasteiger partial charge in [-0.2, -0.15) is 0 Å². The van der Waals surface area contributed by atoms with E-state index < -0.39 is 0 Å². The molecule has 1 fully saturated rings. The molecule has 2 nitrogen and oxygen atoms in total.